The Hall–Kier alpha value is -2.02. The average molecular weight is 277 g/mol. The Morgan fingerprint density at radius 3 is 2.68 bits per heavy atom. The van der Waals surface area contributed by atoms with Crippen LogP contribution in [0.5, 0.6) is 0 Å². The molecule has 0 fully saturated rings. The monoisotopic (exact) mass is 277 g/mol. The quantitative estimate of drug-likeness (QED) is 0.918. The first-order valence-electron chi connectivity index (χ1n) is 5.77. The summed E-state index contributed by atoms with van der Waals surface area (Å²) in [6.07, 6.45) is 1.84. The number of amides is 1. The van der Waals surface area contributed by atoms with Crippen LogP contribution < -0.4 is 5.32 Å². The highest BCUT2D eigenvalue weighted by molar-refractivity contribution is 7.11. The van der Waals surface area contributed by atoms with Crippen LogP contribution in [0.2, 0.25) is 0 Å². The summed E-state index contributed by atoms with van der Waals surface area (Å²) in [5.41, 5.74) is 0.334. The number of aryl methyl sites for hydroxylation is 1. The second-order valence-electron chi connectivity index (χ2n) is 4.22. The van der Waals surface area contributed by atoms with Crippen molar-refractivity contribution in [2.75, 3.05) is 19.4 Å². The van der Waals surface area contributed by atoms with Crippen LogP contribution in [0.15, 0.2) is 18.3 Å². The molecule has 0 saturated heterocycles. The number of aromatic nitrogens is 3. The van der Waals surface area contributed by atoms with Gasteiger partial charge in [-0.3, -0.25) is 4.79 Å². The van der Waals surface area contributed by atoms with Crippen molar-refractivity contribution >= 4 is 23.1 Å². The molecule has 2 rings (SSSR count). The second kappa shape index (κ2) is 5.75. The number of rotatable bonds is 4. The number of nitrogens with one attached hydrogen (secondary N) is 1. The Morgan fingerprint density at radius 1 is 1.37 bits per heavy atom. The van der Waals surface area contributed by atoms with Crippen LogP contribution >= 0.6 is 11.3 Å². The van der Waals surface area contributed by atoms with Crippen molar-refractivity contribution < 1.29 is 4.79 Å². The minimum atomic E-state index is -0.158. The second-order valence-corrected chi connectivity index (χ2v) is 5.54. The van der Waals surface area contributed by atoms with Crippen LogP contribution in [0.1, 0.15) is 20.4 Å². The molecule has 1 N–H and O–H groups in total. The normalized spacial score (nSPS) is 10.3. The van der Waals surface area contributed by atoms with Gasteiger partial charge in [0.05, 0.1) is 6.54 Å². The smallest absolute Gasteiger partial charge is 0.273 e. The van der Waals surface area contributed by atoms with E-state index in [1.54, 1.807) is 37.6 Å². The number of thiazole rings is 1. The van der Waals surface area contributed by atoms with Crippen LogP contribution in [-0.4, -0.2) is 40.1 Å². The maximum Gasteiger partial charge on any atom is 0.273 e. The summed E-state index contributed by atoms with van der Waals surface area (Å²) in [6.45, 7) is 2.62. The van der Waals surface area contributed by atoms with Crippen LogP contribution in [0.4, 0.5) is 5.82 Å². The van der Waals surface area contributed by atoms with E-state index in [-0.39, 0.29) is 5.91 Å². The predicted molar refractivity (Wildman–Crippen MR) is 74.2 cm³/mol. The van der Waals surface area contributed by atoms with Crippen molar-refractivity contribution in [2.24, 2.45) is 0 Å². The Bertz CT molecular complexity index is 564. The lowest BCUT2D eigenvalue weighted by molar-refractivity contribution is 0.0821. The topological polar surface area (TPSA) is 71.0 Å². The molecule has 0 radical (unpaired) electrons. The van der Waals surface area contributed by atoms with E-state index < -0.39 is 0 Å². The maximum atomic E-state index is 11.6. The first-order valence-corrected chi connectivity index (χ1v) is 6.58. The molecule has 0 spiro atoms. The van der Waals surface area contributed by atoms with Gasteiger partial charge in [0, 0.05) is 25.2 Å². The number of hydrogen-bond acceptors (Lipinski definition) is 6. The van der Waals surface area contributed by atoms with Crippen molar-refractivity contribution in [2.45, 2.75) is 13.5 Å². The molecular weight excluding hydrogens is 262 g/mol. The zero-order valence-electron chi connectivity index (χ0n) is 11.0. The van der Waals surface area contributed by atoms with Gasteiger partial charge in [0.1, 0.15) is 10.8 Å². The maximum absolute atomic E-state index is 11.6. The summed E-state index contributed by atoms with van der Waals surface area (Å²) in [4.78, 5) is 18.5. The number of nitrogens with zero attached hydrogens (tertiary/aromatic N) is 4. The van der Waals surface area contributed by atoms with Crippen molar-refractivity contribution in [3.63, 3.8) is 0 Å². The van der Waals surface area contributed by atoms with Gasteiger partial charge in [-0.15, -0.1) is 21.5 Å². The minimum absolute atomic E-state index is 0.158. The van der Waals surface area contributed by atoms with E-state index in [0.29, 0.717) is 18.1 Å². The Balaban J connectivity index is 1.97. The molecule has 0 unspecified atom stereocenters. The highest BCUT2D eigenvalue weighted by atomic mass is 32.1. The Kier molecular flexibility index (Phi) is 4.06. The molecule has 19 heavy (non-hydrogen) atoms. The third kappa shape index (κ3) is 3.47. The van der Waals surface area contributed by atoms with E-state index in [1.165, 1.54) is 9.78 Å². The zero-order chi connectivity index (χ0) is 13.8. The lowest BCUT2D eigenvalue weighted by Crippen LogP contribution is -2.23. The van der Waals surface area contributed by atoms with Crippen LogP contribution in [-0.2, 0) is 6.54 Å². The summed E-state index contributed by atoms with van der Waals surface area (Å²) in [5.74, 6) is 0.470. The van der Waals surface area contributed by atoms with E-state index in [0.717, 1.165) is 5.01 Å². The molecule has 0 atom stereocenters. The van der Waals surface area contributed by atoms with Gasteiger partial charge in [0.2, 0.25) is 0 Å². The van der Waals surface area contributed by atoms with Crippen LogP contribution in [0.3, 0.4) is 0 Å². The zero-order valence-corrected chi connectivity index (χ0v) is 11.9. The summed E-state index contributed by atoms with van der Waals surface area (Å²) >= 11 is 1.64. The van der Waals surface area contributed by atoms with Crippen LogP contribution in [0.25, 0.3) is 0 Å². The molecule has 0 aromatic carbocycles. The molecule has 0 bridgehead atoms. The van der Waals surface area contributed by atoms with Gasteiger partial charge in [0.15, 0.2) is 5.69 Å². The fourth-order valence-electron chi connectivity index (χ4n) is 1.42. The van der Waals surface area contributed by atoms with Crippen molar-refractivity contribution in [1.29, 1.82) is 0 Å². The molecule has 7 heteroatoms. The molecule has 100 valence electrons. The van der Waals surface area contributed by atoms with Crippen molar-refractivity contribution in [3.8, 4) is 0 Å². The highest BCUT2D eigenvalue weighted by Gasteiger charge is 2.10. The number of carbonyl (C=O) groups excluding carboxylic acids is 1. The predicted octanol–water partition coefficient (Wildman–Crippen LogP) is 1.56. The Labute approximate surface area is 115 Å². The van der Waals surface area contributed by atoms with Crippen LogP contribution in [0, 0.1) is 6.92 Å². The summed E-state index contributed by atoms with van der Waals surface area (Å²) in [7, 11) is 3.36. The van der Waals surface area contributed by atoms with E-state index >= 15 is 0 Å². The van der Waals surface area contributed by atoms with E-state index in [4.69, 9.17) is 0 Å². The van der Waals surface area contributed by atoms with Gasteiger partial charge in [-0.2, -0.15) is 0 Å². The van der Waals surface area contributed by atoms with Crippen molar-refractivity contribution in [3.05, 3.63) is 33.9 Å². The molecule has 6 nitrogen and oxygen atoms in total. The molecule has 0 aliphatic carbocycles. The molecule has 0 aliphatic heterocycles. The molecule has 2 heterocycles. The van der Waals surface area contributed by atoms with Gasteiger partial charge >= 0.3 is 0 Å². The van der Waals surface area contributed by atoms with Gasteiger partial charge in [0.25, 0.3) is 5.91 Å². The summed E-state index contributed by atoms with van der Waals surface area (Å²) in [6, 6.07) is 3.40. The third-order valence-corrected chi connectivity index (χ3v) is 3.29. The molecule has 1 amide bonds. The standard InChI is InChI=1S/C12H15N5OS/c1-8-6-14-11(19-8)7-13-10-5-4-9(15-16-10)12(18)17(2)3/h4-6H,7H2,1-3H3,(H,13,16). The number of carbonyl (C=O) groups is 1. The number of anilines is 1. The lowest BCUT2D eigenvalue weighted by atomic mass is 10.3. The first kappa shape index (κ1) is 13.4. The fraction of sp³-hybridized carbons (Fsp3) is 0.333. The first-order chi connectivity index (χ1) is 9.06. The molecule has 0 saturated carbocycles. The largest absolute Gasteiger partial charge is 0.362 e. The van der Waals surface area contributed by atoms with Gasteiger partial charge in [-0.05, 0) is 19.1 Å². The summed E-state index contributed by atoms with van der Waals surface area (Å²) in [5, 5.41) is 12.0. The third-order valence-electron chi connectivity index (χ3n) is 2.38. The molecule has 2 aromatic heterocycles. The minimum Gasteiger partial charge on any atom is -0.362 e. The van der Waals surface area contributed by atoms with E-state index in [1.807, 2.05) is 13.1 Å². The molecule has 2 aromatic rings. The van der Waals surface area contributed by atoms with Gasteiger partial charge in [-0.25, -0.2) is 4.98 Å². The molecular formula is C12H15N5OS. The SMILES string of the molecule is Cc1cnc(CNc2ccc(C(=O)N(C)C)nn2)s1. The molecule has 0 aliphatic rings. The average Bonchev–Trinajstić information content (AvgIpc) is 2.82. The van der Waals surface area contributed by atoms with Gasteiger partial charge < -0.3 is 10.2 Å². The Morgan fingerprint density at radius 2 is 2.16 bits per heavy atom. The highest BCUT2D eigenvalue weighted by Crippen LogP contribution is 2.12. The fourth-order valence-corrected chi connectivity index (χ4v) is 2.15. The number of hydrogen-bond donors (Lipinski definition) is 1. The van der Waals surface area contributed by atoms with E-state index in [9.17, 15) is 4.79 Å². The van der Waals surface area contributed by atoms with Gasteiger partial charge in [-0.1, -0.05) is 0 Å². The van der Waals surface area contributed by atoms with Crippen molar-refractivity contribution in [1.82, 2.24) is 20.1 Å². The summed E-state index contributed by atoms with van der Waals surface area (Å²) < 4.78 is 0. The lowest BCUT2D eigenvalue weighted by Gasteiger charge is -2.09. The van der Waals surface area contributed by atoms with E-state index in [2.05, 4.69) is 20.5 Å².